The van der Waals surface area contributed by atoms with Crippen molar-refractivity contribution in [2.75, 3.05) is 9.80 Å². The van der Waals surface area contributed by atoms with Crippen LogP contribution < -0.4 is 9.80 Å². The average molecular weight is 957 g/mol. The first-order valence-electron chi connectivity index (χ1n) is 25.8. The molecule has 1 aliphatic carbocycles. The molecule has 0 saturated heterocycles. The molecule has 1 unspecified atom stereocenters. The topological polar surface area (TPSA) is 6.48 Å². The third-order valence-corrected chi connectivity index (χ3v) is 15.0. The van der Waals surface area contributed by atoms with Crippen LogP contribution in [0.1, 0.15) is 22.3 Å². The molecule has 13 rings (SSSR count). The lowest BCUT2D eigenvalue weighted by Crippen LogP contribution is -2.29. The van der Waals surface area contributed by atoms with E-state index < -0.39 is 5.41 Å². The number of hydrogen-bond acceptors (Lipinski definition) is 2. The maximum Gasteiger partial charge on any atom is 0.0715 e. The van der Waals surface area contributed by atoms with Gasteiger partial charge in [-0.25, -0.2) is 0 Å². The molecule has 0 aromatic heterocycles. The Morgan fingerprint density at radius 3 is 1.09 bits per heavy atom. The van der Waals surface area contributed by atoms with Crippen LogP contribution in [0.15, 0.2) is 315 Å². The van der Waals surface area contributed by atoms with Gasteiger partial charge in [-0.05, 0) is 127 Å². The first kappa shape index (κ1) is 45.1. The Labute approximate surface area is 440 Å². The quantitative estimate of drug-likeness (QED) is 0.120. The Kier molecular flexibility index (Phi) is 11.8. The Hall–Kier alpha value is -9.76. The smallest absolute Gasteiger partial charge is 0.0715 e. The first-order valence-corrected chi connectivity index (χ1v) is 25.8. The van der Waals surface area contributed by atoms with Gasteiger partial charge in [-0.2, -0.15) is 0 Å². The molecule has 0 spiro atoms. The van der Waals surface area contributed by atoms with Crippen LogP contribution in [0, 0.1) is 0 Å². The number of hydrogen-bond donors (Lipinski definition) is 0. The highest BCUT2D eigenvalue weighted by molar-refractivity contribution is 5.98. The van der Waals surface area contributed by atoms with Gasteiger partial charge in [0.25, 0.3) is 0 Å². The van der Waals surface area contributed by atoms with Crippen LogP contribution >= 0.6 is 0 Å². The van der Waals surface area contributed by atoms with E-state index in [1.54, 1.807) is 0 Å². The molecule has 0 saturated carbocycles. The Bertz CT molecular complexity index is 3810. The van der Waals surface area contributed by atoms with Gasteiger partial charge in [-0.1, -0.05) is 255 Å². The van der Waals surface area contributed by atoms with Crippen molar-refractivity contribution in [3.05, 3.63) is 338 Å². The lowest BCUT2D eigenvalue weighted by molar-refractivity contribution is 0.768. The molecule has 0 amide bonds. The molecule has 1 atom stereocenters. The summed E-state index contributed by atoms with van der Waals surface area (Å²) in [7, 11) is 0. The fourth-order valence-corrected chi connectivity index (χ4v) is 11.5. The summed E-state index contributed by atoms with van der Waals surface area (Å²) in [5.74, 6) is 0. The molecule has 2 heteroatoms. The third-order valence-electron chi connectivity index (χ3n) is 15.0. The number of nitrogens with zero attached hydrogens (tertiary/aromatic N) is 2. The van der Waals surface area contributed by atoms with Gasteiger partial charge in [-0.3, -0.25) is 0 Å². The van der Waals surface area contributed by atoms with Crippen LogP contribution in [-0.4, -0.2) is 0 Å². The molecule has 1 aliphatic rings. The number of rotatable bonds is 12. The van der Waals surface area contributed by atoms with E-state index in [1.807, 2.05) is 0 Å². The molecule has 12 aromatic rings. The molecule has 0 fully saturated rings. The standard InChI is InChI=1S/C73H52N2/c1-6-22-53(23-7-1)56-40-46-62(47-41-56)74(63-48-42-57(43-49-63)54-24-8-2-9-25-54)71-39-21-37-69-72(71)67-35-16-18-36-68(67)73(69,60-30-14-5-15-31-60)61-32-20-33-65(52-61)75(64-50-44-58(45-51-64)55-26-10-3-11-27-55)70-38-19-17-34-66(70)59-28-12-4-13-29-59/h1-52H. The van der Waals surface area contributed by atoms with Crippen LogP contribution in [0.5, 0.6) is 0 Å². The van der Waals surface area contributed by atoms with Crippen LogP contribution in [0.2, 0.25) is 0 Å². The zero-order valence-corrected chi connectivity index (χ0v) is 41.4. The van der Waals surface area contributed by atoms with E-state index in [0.29, 0.717) is 0 Å². The molecule has 0 bridgehead atoms. The Morgan fingerprint density at radius 2 is 0.573 bits per heavy atom. The Morgan fingerprint density at radius 1 is 0.213 bits per heavy atom. The lowest BCUT2D eigenvalue weighted by atomic mass is 9.67. The second kappa shape index (κ2) is 19.7. The fraction of sp³-hybridized carbons (Fsp3) is 0.0137. The number of fused-ring (bicyclic) bond motifs is 3. The van der Waals surface area contributed by atoms with Crippen molar-refractivity contribution in [1.82, 2.24) is 0 Å². The van der Waals surface area contributed by atoms with Crippen molar-refractivity contribution in [3.8, 4) is 55.6 Å². The largest absolute Gasteiger partial charge is 0.310 e. The minimum Gasteiger partial charge on any atom is -0.310 e. The van der Waals surface area contributed by atoms with Gasteiger partial charge >= 0.3 is 0 Å². The van der Waals surface area contributed by atoms with Crippen molar-refractivity contribution >= 4 is 34.1 Å². The molecule has 0 heterocycles. The molecular formula is C73H52N2. The minimum absolute atomic E-state index is 0.693. The summed E-state index contributed by atoms with van der Waals surface area (Å²) in [6.07, 6.45) is 0. The van der Waals surface area contributed by atoms with Crippen molar-refractivity contribution in [2.45, 2.75) is 5.41 Å². The van der Waals surface area contributed by atoms with Crippen LogP contribution in [0.4, 0.5) is 34.1 Å². The summed E-state index contributed by atoms with van der Waals surface area (Å²) in [5, 5.41) is 0. The van der Waals surface area contributed by atoms with Crippen molar-refractivity contribution in [1.29, 1.82) is 0 Å². The van der Waals surface area contributed by atoms with Gasteiger partial charge < -0.3 is 9.80 Å². The zero-order valence-electron chi connectivity index (χ0n) is 41.4. The number of para-hydroxylation sites is 1. The SMILES string of the molecule is c1ccc(-c2ccc(N(c3cccc(C4(c5ccccc5)c5ccccc5-c5c(N(c6ccc(-c7ccccc7)cc6)c6ccc(-c7ccccc7)cc6)cccc54)c3)c3ccccc3-c3ccccc3)cc2)cc1. The molecule has 12 aromatic carbocycles. The van der Waals surface area contributed by atoms with Gasteiger partial charge in [0.15, 0.2) is 0 Å². The van der Waals surface area contributed by atoms with E-state index in [9.17, 15) is 0 Å². The molecule has 0 radical (unpaired) electrons. The fourth-order valence-electron chi connectivity index (χ4n) is 11.5. The normalized spacial score (nSPS) is 13.4. The molecular weight excluding hydrogens is 905 g/mol. The molecule has 354 valence electrons. The van der Waals surface area contributed by atoms with E-state index in [-0.39, 0.29) is 0 Å². The summed E-state index contributed by atoms with van der Waals surface area (Å²) in [6.45, 7) is 0. The highest BCUT2D eigenvalue weighted by Gasteiger charge is 2.47. The molecule has 0 aliphatic heterocycles. The van der Waals surface area contributed by atoms with E-state index >= 15 is 0 Å². The second-order valence-electron chi connectivity index (χ2n) is 19.2. The lowest BCUT2D eigenvalue weighted by Gasteiger charge is -2.36. The summed E-state index contributed by atoms with van der Waals surface area (Å²) >= 11 is 0. The number of anilines is 6. The monoisotopic (exact) mass is 956 g/mol. The van der Waals surface area contributed by atoms with Gasteiger partial charge in [0.2, 0.25) is 0 Å². The van der Waals surface area contributed by atoms with Crippen molar-refractivity contribution in [2.24, 2.45) is 0 Å². The van der Waals surface area contributed by atoms with Crippen LogP contribution in [0.25, 0.3) is 55.6 Å². The van der Waals surface area contributed by atoms with Crippen molar-refractivity contribution < 1.29 is 0 Å². The van der Waals surface area contributed by atoms with Gasteiger partial charge in [0.05, 0.1) is 16.8 Å². The molecule has 75 heavy (non-hydrogen) atoms. The first-order chi connectivity index (χ1) is 37.2. The van der Waals surface area contributed by atoms with Crippen LogP contribution in [-0.2, 0) is 5.41 Å². The van der Waals surface area contributed by atoms with Crippen molar-refractivity contribution in [3.63, 3.8) is 0 Å². The summed E-state index contributed by atoms with van der Waals surface area (Å²) < 4.78 is 0. The molecule has 2 nitrogen and oxygen atoms in total. The third kappa shape index (κ3) is 8.20. The van der Waals surface area contributed by atoms with Crippen LogP contribution in [0.3, 0.4) is 0 Å². The Balaban J connectivity index is 1.02. The maximum absolute atomic E-state index is 2.46. The van der Waals surface area contributed by atoms with Gasteiger partial charge in [0, 0.05) is 33.9 Å². The minimum atomic E-state index is -0.693. The predicted octanol–water partition coefficient (Wildman–Crippen LogP) is 19.7. The van der Waals surface area contributed by atoms with E-state index in [0.717, 1.165) is 45.3 Å². The maximum atomic E-state index is 2.46. The second-order valence-corrected chi connectivity index (χ2v) is 19.2. The van der Waals surface area contributed by atoms with E-state index in [1.165, 1.54) is 66.8 Å². The summed E-state index contributed by atoms with van der Waals surface area (Å²) in [5.41, 5.74) is 22.6. The predicted molar refractivity (Wildman–Crippen MR) is 315 cm³/mol. The zero-order chi connectivity index (χ0) is 50.0. The molecule has 0 N–H and O–H groups in total. The average Bonchev–Trinajstić information content (AvgIpc) is 3.87. The summed E-state index contributed by atoms with van der Waals surface area (Å²) in [6, 6.07) is 115. The summed E-state index contributed by atoms with van der Waals surface area (Å²) in [4.78, 5) is 4.90. The number of benzene rings is 12. The van der Waals surface area contributed by atoms with Gasteiger partial charge in [0.1, 0.15) is 0 Å². The van der Waals surface area contributed by atoms with Gasteiger partial charge in [-0.15, -0.1) is 0 Å². The van der Waals surface area contributed by atoms with E-state index in [2.05, 4.69) is 325 Å². The highest BCUT2D eigenvalue weighted by Crippen LogP contribution is 2.60. The highest BCUT2D eigenvalue weighted by atomic mass is 15.2. The van der Waals surface area contributed by atoms with E-state index in [4.69, 9.17) is 0 Å².